The van der Waals surface area contributed by atoms with Crippen LogP contribution in [0.15, 0.2) is 24.3 Å². The fourth-order valence-electron chi connectivity index (χ4n) is 4.60. The van der Waals surface area contributed by atoms with E-state index in [1.54, 1.807) is 14.0 Å². The molecule has 0 aromatic heterocycles. The number of rotatable bonds is 5. The summed E-state index contributed by atoms with van der Waals surface area (Å²) in [6.07, 6.45) is 3.33. The van der Waals surface area contributed by atoms with Crippen LogP contribution in [0.1, 0.15) is 58.6 Å². The predicted octanol–water partition coefficient (Wildman–Crippen LogP) is 2.45. The molecule has 5 atom stereocenters. The molecule has 8 nitrogen and oxygen atoms in total. The van der Waals surface area contributed by atoms with Crippen molar-refractivity contribution in [1.29, 1.82) is 0 Å². The van der Waals surface area contributed by atoms with Gasteiger partial charge in [-0.3, -0.25) is 14.4 Å². The molecule has 188 valence electrons. The van der Waals surface area contributed by atoms with Crippen molar-refractivity contribution in [3.63, 3.8) is 0 Å². The highest BCUT2D eigenvalue weighted by Gasteiger charge is 2.49. The second-order valence-electron chi connectivity index (χ2n) is 9.81. The number of nitrogens with one attached hydrogen (secondary N) is 3. The molecule has 3 N–H and O–H groups in total. The Bertz CT molecular complexity index is 880. The molecule has 34 heavy (non-hydrogen) atoms. The third-order valence-corrected chi connectivity index (χ3v) is 8.45. The van der Waals surface area contributed by atoms with Gasteiger partial charge in [-0.2, -0.15) is 0 Å². The molecule has 0 aliphatic carbocycles. The average Bonchev–Trinajstić information content (AvgIpc) is 2.95. The lowest BCUT2D eigenvalue weighted by Gasteiger charge is -2.32. The number of para-hydroxylation sites is 1. The number of nitrogens with zero attached hydrogens (tertiary/aromatic N) is 1. The Morgan fingerprint density at radius 1 is 1.26 bits per heavy atom. The lowest BCUT2D eigenvalue weighted by atomic mass is 9.86. The summed E-state index contributed by atoms with van der Waals surface area (Å²) in [5, 5.41) is 8.86. The van der Waals surface area contributed by atoms with Crippen LogP contribution < -0.4 is 20.7 Å². The standard InChI is InChI=1S/C15H27N3O2S.C10H11NO2/c1-9(16-5)13(19)17-11-6-7-21-12-8-15(3,4)10(2)18(12)14(11)20;12-7-11-9-5-6-13-10-4-2-1-3-8(9)10/h9-12,16H,6-8H2,1-5H3,(H,17,19);1-4,7,9H,5-6H2,(H,11,12)/t9-,10+,11?,12?;/m0./s1. The van der Waals surface area contributed by atoms with Crippen molar-refractivity contribution in [3.05, 3.63) is 29.8 Å². The van der Waals surface area contributed by atoms with E-state index in [1.807, 2.05) is 40.9 Å². The van der Waals surface area contributed by atoms with Crippen molar-refractivity contribution in [2.45, 2.75) is 76.5 Å². The van der Waals surface area contributed by atoms with E-state index in [-0.39, 0.29) is 46.8 Å². The van der Waals surface area contributed by atoms with E-state index >= 15 is 0 Å². The lowest BCUT2D eigenvalue weighted by molar-refractivity contribution is -0.138. The van der Waals surface area contributed by atoms with Crippen LogP contribution in [0.2, 0.25) is 0 Å². The number of hydrogen-bond acceptors (Lipinski definition) is 6. The molecule has 1 aromatic rings. The minimum atomic E-state index is -0.387. The van der Waals surface area contributed by atoms with Crippen LogP contribution in [-0.4, -0.2) is 66.0 Å². The van der Waals surface area contributed by atoms with Crippen LogP contribution in [0.4, 0.5) is 0 Å². The van der Waals surface area contributed by atoms with Crippen LogP contribution in [0.5, 0.6) is 5.75 Å². The van der Waals surface area contributed by atoms with Crippen molar-refractivity contribution >= 4 is 30.0 Å². The van der Waals surface area contributed by atoms with Crippen molar-refractivity contribution in [2.75, 3.05) is 19.4 Å². The summed E-state index contributed by atoms with van der Waals surface area (Å²) in [6.45, 7) is 9.03. The Balaban J connectivity index is 0.000000212. The molecular formula is C25H38N4O4S. The van der Waals surface area contributed by atoms with Crippen LogP contribution >= 0.6 is 11.8 Å². The minimum Gasteiger partial charge on any atom is -0.493 e. The zero-order chi connectivity index (χ0) is 24.9. The fourth-order valence-corrected chi connectivity index (χ4v) is 6.24. The van der Waals surface area contributed by atoms with Gasteiger partial charge in [-0.1, -0.05) is 32.0 Å². The summed E-state index contributed by atoms with van der Waals surface area (Å²) >= 11 is 1.85. The number of likely N-dealkylation sites (N-methyl/N-ethyl adjacent to an activating group) is 1. The van der Waals surface area contributed by atoms with Crippen LogP contribution in [-0.2, 0) is 14.4 Å². The Morgan fingerprint density at radius 2 is 2.00 bits per heavy atom. The van der Waals surface area contributed by atoms with E-state index in [0.717, 1.165) is 36.3 Å². The smallest absolute Gasteiger partial charge is 0.246 e. The van der Waals surface area contributed by atoms with Crippen molar-refractivity contribution in [3.8, 4) is 5.75 Å². The molecular weight excluding hydrogens is 452 g/mol. The fraction of sp³-hybridized carbons (Fsp3) is 0.640. The maximum atomic E-state index is 12.8. The lowest BCUT2D eigenvalue weighted by Crippen LogP contribution is -2.54. The van der Waals surface area contributed by atoms with Gasteiger partial charge < -0.3 is 25.6 Å². The van der Waals surface area contributed by atoms with E-state index < -0.39 is 0 Å². The monoisotopic (exact) mass is 490 g/mol. The van der Waals surface area contributed by atoms with Crippen molar-refractivity contribution in [1.82, 2.24) is 20.9 Å². The molecule has 3 amide bonds. The highest BCUT2D eigenvalue weighted by Crippen LogP contribution is 2.45. The molecule has 3 aliphatic rings. The van der Waals surface area contributed by atoms with Gasteiger partial charge in [-0.25, -0.2) is 0 Å². The topological polar surface area (TPSA) is 99.8 Å². The molecule has 9 heteroatoms. The quantitative estimate of drug-likeness (QED) is 0.549. The van der Waals surface area contributed by atoms with Gasteiger partial charge in [0.15, 0.2) is 0 Å². The Kier molecular flexibility index (Phi) is 8.87. The van der Waals surface area contributed by atoms with Crippen LogP contribution in [0.25, 0.3) is 0 Å². The first-order valence-corrected chi connectivity index (χ1v) is 13.1. The molecule has 2 saturated heterocycles. The van der Waals surface area contributed by atoms with Gasteiger partial charge >= 0.3 is 0 Å². The molecule has 4 rings (SSSR count). The maximum Gasteiger partial charge on any atom is 0.246 e. The Labute approximate surface area is 206 Å². The van der Waals surface area contributed by atoms with Gasteiger partial charge in [0, 0.05) is 18.0 Å². The van der Waals surface area contributed by atoms with E-state index in [2.05, 4.69) is 36.7 Å². The maximum absolute atomic E-state index is 12.8. The summed E-state index contributed by atoms with van der Waals surface area (Å²) in [4.78, 5) is 37.2. The van der Waals surface area contributed by atoms with Gasteiger partial charge in [0.1, 0.15) is 11.8 Å². The minimum absolute atomic E-state index is 0.0831. The molecule has 3 aliphatic heterocycles. The summed E-state index contributed by atoms with van der Waals surface area (Å²) in [7, 11) is 1.75. The van der Waals surface area contributed by atoms with E-state index in [0.29, 0.717) is 13.0 Å². The molecule has 1 aromatic carbocycles. The van der Waals surface area contributed by atoms with Crippen LogP contribution in [0, 0.1) is 5.41 Å². The van der Waals surface area contributed by atoms with Gasteiger partial charge in [0.25, 0.3) is 0 Å². The molecule has 3 unspecified atom stereocenters. The second-order valence-corrected chi connectivity index (χ2v) is 11.1. The molecule has 3 heterocycles. The number of benzene rings is 1. The van der Waals surface area contributed by atoms with Crippen LogP contribution in [0.3, 0.4) is 0 Å². The second kappa shape index (κ2) is 11.4. The first kappa shape index (κ1) is 26.3. The molecule has 0 saturated carbocycles. The number of fused-ring (bicyclic) bond motifs is 2. The summed E-state index contributed by atoms with van der Waals surface area (Å²) in [6, 6.07) is 7.45. The largest absolute Gasteiger partial charge is 0.493 e. The predicted molar refractivity (Wildman–Crippen MR) is 135 cm³/mol. The number of thioether (sulfide) groups is 1. The number of carbonyl (C=O) groups excluding carboxylic acids is 3. The number of ether oxygens (including phenoxy) is 1. The molecule has 2 fully saturated rings. The number of amides is 3. The van der Waals surface area contributed by atoms with Gasteiger partial charge in [-0.15, -0.1) is 11.8 Å². The van der Waals surface area contributed by atoms with Gasteiger partial charge in [-0.05, 0) is 51.0 Å². The van der Waals surface area contributed by atoms with Gasteiger partial charge in [0.05, 0.1) is 24.1 Å². The first-order chi connectivity index (χ1) is 16.2. The van der Waals surface area contributed by atoms with Gasteiger partial charge in [0.2, 0.25) is 18.2 Å². The summed E-state index contributed by atoms with van der Waals surface area (Å²) < 4.78 is 5.44. The average molecular weight is 491 g/mol. The molecule has 0 bridgehead atoms. The molecule has 0 spiro atoms. The van der Waals surface area contributed by atoms with E-state index in [1.165, 1.54) is 0 Å². The van der Waals surface area contributed by atoms with Crippen molar-refractivity contribution < 1.29 is 19.1 Å². The normalized spacial score (nSPS) is 28.1. The first-order valence-electron chi connectivity index (χ1n) is 12.0. The summed E-state index contributed by atoms with van der Waals surface area (Å²) in [5.74, 6) is 1.77. The SMILES string of the molecule is CN[C@@H](C)C(=O)NC1CCSC2CC(C)(C)[C@@H](C)N2C1=O.O=CNC1CCOc2ccccc21. The van der Waals surface area contributed by atoms with E-state index in [4.69, 9.17) is 4.74 Å². The number of hydrogen-bond donors (Lipinski definition) is 3. The van der Waals surface area contributed by atoms with E-state index in [9.17, 15) is 14.4 Å². The summed E-state index contributed by atoms with van der Waals surface area (Å²) in [5.41, 5.74) is 1.21. The third-order valence-electron chi connectivity index (χ3n) is 7.20. The Morgan fingerprint density at radius 3 is 2.71 bits per heavy atom. The number of carbonyl (C=O) groups is 3. The van der Waals surface area contributed by atoms with Crippen molar-refractivity contribution in [2.24, 2.45) is 5.41 Å². The highest BCUT2D eigenvalue weighted by atomic mass is 32.2. The Hall–Kier alpha value is -2.26. The highest BCUT2D eigenvalue weighted by molar-refractivity contribution is 7.99. The third kappa shape index (κ3) is 5.86. The zero-order valence-electron chi connectivity index (χ0n) is 20.8. The molecule has 0 radical (unpaired) electrons. The zero-order valence-corrected chi connectivity index (χ0v) is 21.6.